The van der Waals surface area contributed by atoms with E-state index in [0.29, 0.717) is 0 Å². The van der Waals surface area contributed by atoms with Gasteiger partial charge in [-0.1, -0.05) is 152 Å². The molecule has 0 bridgehead atoms. The molecule has 8 aromatic carbocycles. The number of nitrogens with zero attached hydrogens (tertiary/aromatic N) is 1. The minimum absolute atomic E-state index is 0.439. The first-order chi connectivity index (χ1) is 24.3. The van der Waals surface area contributed by atoms with Crippen LogP contribution in [-0.4, -0.2) is 0 Å². The highest BCUT2D eigenvalue weighted by Crippen LogP contribution is 2.56. The van der Waals surface area contributed by atoms with E-state index in [1.807, 2.05) is 6.07 Å². The molecule has 0 atom stereocenters. The Morgan fingerprint density at radius 1 is 0.388 bits per heavy atom. The number of fused-ring (bicyclic) bond motifs is 8. The van der Waals surface area contributed by atoms with Crippen molar-refractivity contribution in [3.63, 3.8) is 0 Å². The Hall–Kier alpha value is -6.38. The van der Waals surface area contributed by atoms with Crippen molar-refractivity contribution >= 4 is 49.8 Å². The first kappa shape index (κ1) is 27.7. The van der Waals surface area contributed by atoms with Gasteiger partial charge in [0, 0.05) is 32.9 Å². The molecule has 1 heterocycles. The van der Waals surface area contributed by atoms with Gasteiger partial charge < -0.3 is 9.32 Å². The maximum Gasteiger partial charge on any atom is 0.143 e. The molecule has 10 rings (SSSR count). The summed E-state index contributed by atoms with van der Waals surface area (Å²) in [6, 6.07) is 68.0. The minimum Gasteiger partial charge on any atom is -0.455 e. The zero-order valence-electron chi connectivity index (χ0n) is 26.8. The molecule has 1 aliphatic carbocycles. The first-order valence-corrected chi connectivity index (χ1v) is 16.9. The number of rotatable bonds is 5. The molecule has 9 aromatic rings. The fourth-order valence-electron chi connectivity index (χ4n) is 8.29. The minimum atomic E-state index is -0.439. The summed E-state index contributed by atoms with van der Waals surface area (Å²) in [5.41, 5.74) is 12.4. The van der Waals surface area contributed by atoms with E-state index < -0.39 is 5.41 Å². The van der Waals surface area contributed by atoms with Crippen LogP contribution in [0.5, 0.6) is 0 Å². The average molecular weight is 626 g/mol. The summed E-state index contributed by atoms with van der Waals surface area (Å²) in [5, 5.41) is 4.48. The van der Waals surface area contributed by atoms with Gasteiger partial charge >= 0.3 is 0 Å². The lowest BCUT2D eigenvalue weighted by atomic mass is 9.68. The maximum atomic E-state index is 6.48. The maximum absolute atomic E-state index is 6.48. The Balaban J connectivity index is 1.22. The van der Waals surface area contributed by atoms with Crippen LogP contribution in [-0.2, 0) is 5.41 Å². The van der Waals surface area contributed by atoms with Crippen molar-refractivity contribution in [1.29, 1.82) is 0 Å². The molecule has 0 aliphatic heterocycles. The lowest BCUT2D eigenvalue weighted by Gasteiger charge is -2.34. The van der Waals surface area contributed by atoms with Gasteiger partial charge in [0.25, 0.3) is 0 Å². The third kappa shape index (κ3) is 4.01. The highest BCUT2D eigenvalue weighted by molar-refractivity contribution is 6.19. The summed E-state index contributed by atoms with van der Waals surface area (Å²) in [5.74, 6) is 0. The third-order valence-corrected chi connectivity index (χ3v) is 10.3. The highest BCUT2D eigenvalue weighted by Gasteiger charge is 2.45. The van der Waals surface area contributed by atoms with Gasteiger partial charge in [0.1, 0.15) is 11.2 Å². The van der Waals surface area contributed by atoms with Gasteiger partial charge in [-0.05, 0) is 69.8 Å². The molecule has 1 aliphatic rings. The second-order valence-electron chi connectivity index (χ2n) is 12.8. The molecule has 0 saturated heterocycles. The van der Waals surface area contributed by atoms with Crippen LogP contribution < -0.4 is 4.90 Å². The van der Waals surface area contributed by atoms with Crippen LogP contribution in [0.4, 0.5) is 17.1 Å². The number of hydrogen-bond acceptors (Lipinski definition) is 2. The molecule has 230 valence electrons. The molecular weight excluding hydrogens is 595 g/mol. The van der Waals surface area contributed by atoms with Crippen LogP contribution in [0.15, 0.2) is 192 Å². The van der Waals surface area contributed by atoms with E-state index in [1.165, 1.54) is 33.4 Å². The summed E-state index contributed by atoms with van der Waals surface area (Å²) < 4.78 is 6.48. The van der Waals surface area contributed by atoms with Gasteiger partial charge in [-0.3, -0.25) is 0 Å². The predicted octanol–water partition coefficient (Wildman–Crippen LogP) is 12.6. The van der Waals surface area contributed by atoms with Crippen molar-refractivity contribution in [2.24, 2.45) is 0 Å². The van der Waals surface area contributed by atoms with Gasteiger partial charge in [0.05, 0.1) is 11.1 Å². The van der Waals surface area contributed by atoms with Crippen molar-refractivity contribution in [3.05, 3.63) is 210 Å². The number of benzene rings is 8. The molecule has 0 fully saturated rings. The molecule has 2 heteroatoms. The standard InChI is InChI=1S/C47H31NO/c1-3-15-32(16-4-1)47(42-24-12-9-19-36(42)37-20-10-13-25-43(37)47)33-27-29-35(30-28-33)48(34-17-5-2-6-18-34)44-31-41-39-22-11-14-26-45(39)49-46(41)40-23-8-7-21-38(40)44/h1-31H. The summed E-state index contributed by atoms with van der Waals surface area (Å²) in [7, 11) is 0. The fraction of sp³-hybridized carbons (Fsp3) is 0.0213. The molecule has 0 radical (unpaired) electrons. The third-order valence-electron chi connectivity index (χ3n) is 10.3. The topological polar surface area (TPSA) is 16.4 Å². The van der Waals surface area contributed by atoms with Crippen LogP contribution in [0.2, 0.25) is 0 Å². The zero-order chi connectivity index (χ0) is 32.4. The molecule has 0 spiro atoms. The summed E-state index contributed by atoms with van der Waals surface area (Å²) >= 11 is 0. The predicted molar refractivity (Wildman–Crippen MR) is 203 cm³/mol. The number of hydrogen-bond donors (Lipinski definition) is 0. The van der Waals surface area contributed by atoms with Gasteiger partial charge in [0.2, 0.25) is 0 Å². The smallest absolute Gasteiger partial charge is 0.143 e. The number of anilines is 3. The van der Waals surface area contributed by atoms with Crippen molar-refractivity contribution in [3.8, 4) is 11.1 Å². The highest BCUT2D eigenvalue weighted by atomic mass is 16.3. The van der Waals surface area contributed by atoms with E-state index in [2.05, 4.69) is 187 Å². The van der Waals surface area contributed by atoms with E-state index in [0.717, 1.165) is 49.8 Å². The summed E-state index contributed by atoms with van der Waals surface area (Å²) in [6.45, 7) is 0. The van der Waals surface area contributed by atoms with Gasteiger partial charge in [-0.15, -0.1) is 0 Å². The van der Waals surface area contributed by atoms with Crippen LogP contribution in [0.25, 0.3) is 43.8 Å². The van der Waals surface area contributed by atoms with Gasteiger partial charge in [-0.2, -0.15) is 0 Å². The monoisotopic (exact) mass is 625 g/mol. The SMILES string of the molecule is c1ccc(N(c2ccc(C3(c4ccccc4)c4ccccc4-c4ccccc43)cc2)c2cc3c4ccccc4oc3c3ccccc23)cc1. The van der Waals surface area contributed by atoms with Crippen molar-refractivity contribution in [2.75, 3.05) is 4.90 Å². The van der Waals surface area contributed by atoms with Gasteiger partial charge in [0.15, 0.2) is 0 Å². The Labute approximate surface area is 285 Å². The lowest BCUT2D eigenvalue weighted by molar-refractivity contribution is 0.672. The van der Waals surface area contributed by atoms with Crippen LogP contribution in [0.3, 0.4) is 0 Å². The Bertz CT molecular complexity index is 2610. The summed E-state index contributed by atoms with van der Waals surface area (Å²) in [4.78, 5) is 2.39. The van der Waals surface area contributed by atoms with Crippen LogP contribution >= 0.6 is 0 Å². The van der Waals surface area contributed by atoms with E-state index in [4.69, 9.17) is 4.42 Å². The largest absolute Gasteiger partial charge is 0.455 e. The lowest BCUT2D eigenvalue weighted by Crippen LogP contribution is -2.28. The number of furan rings is 1. The zero-order valence-corrected chi connectivity index (χ0v) is 26.8. The Morgan fingerprint density at radius 3 is 1.59 bits per heavy atom. The van der Waals surface area contributed by atoms with Crippen LogP contribution in [0.1, 0.15) is 22.3 Å². The molecule has 0 N–H and O–H groups in total. The van der Waals surface area contributed by atoms with E-state index >= 15 is 0 Å². The second kappa shape index (κ2) is 10.8. The molecule has 0 saturated carbocycles. The van der Waals surface area contributed by atoms with Crippen molar-refractivity contribution in [2.45, 2.75) is 5.41 Å². The van der Waals surface area contributed by atoms with Gasteiger partial charge in [-0.25, -0.2) is 0 Å². The quantitative estimate of drug-likeness (QED) is 0.189. The molecule has 1 aromatic heterocycles. The van der Waals surface area contributed by atoms with Crippen molar-refractivity contribution in [1.82, 2.24) is 0 Å². The second-order valence-corrected chi connectivity index (χ2v) is 12.8. The Kier molecular flexibility index (Phi) is 6.13. The van der Waals surface area contributed by atoms with E-state index in [-0.39, 0.29) is 0 Å². The molecule has 49 heavy (non-hydrogen) atoms. The molecule has 2 nitrogen and oxygen atoms in total. The molecular formula is C47H31NO. The number of para-hydroxylation sites is 2. The fourth-order valence-corrected chi connectivity index (χ4v) is 8.29. The van der Waals surface area contributed by atoms with Crippen LogP contribution in [0, 0.1) is 0 Å². The molecule has 0 unspecified atom stereocenters. The van der Waals surface area contributed by atoms with Crippen molar-refractivity contribution < 1.29 is 4.42 Å². The summed E-state index contributed by atoms with van der Waals surface area (Å²) in [6.07, 6.45) is 0. The Morgan fingerprint density at radius 2 is 0.898 bits per heavy atom. The van der Waals surface area contributed by atoms with E-state index in [1.54, 1.807) is 0 Å². The van der Waals surface area contributed by atoms with E-state index in [9.17, 15) is 0 Å². The average Bonchev–Trinajstić information content (AvgIpc) is 3.70. The first-order valence-electron chi connectivity index (χ1n) is 16.9. The molecule has 0 amide bonds. The normalized spacial score (nSPS) is 13.1.